The summed E-state index contributed by atoms with van der Waals surface area (Å²) in [5, 5.41) is 9.25. The molecule has 1 N–H and O–H groups in total. The molecule has 0 radical (unpaired) electrons. The fourth-order valence-corrected chi connectivity index (χ4v) is 4.50. The topological polar surface area (TPSA) is 85.0 Å². The minimum atomic E-state index is -0.919. The summed E-state index contributed by atoms with van der Waals surface area (Å²) < 4.78 is 17.2. The molecule has 31 heavy (non-hydrogen) atoms. The van der Waals surface area contributed by atoms with Gasteiger partial charge in [0.1, 0.15) is 11.3 Å². The highest BCUT2D eigenvalue weighted by Gasteiger charge is 2.31. The van der Waals surface area contributed by atoms with Gasteiger partial charge in [0.2, 0.25) is 0 Å². The van der Waals surface area contributed by atoms with Crippen molar-refractivity contribution < 1.29 is 23.8 Å². The fraction of sp³-hybridized carbons (Fsp3) is 0.417. The summed E-state index contributed by atoms with van der Waals surface area (Å²) in [6.45, 7) is 6.19. The minimum Gasteiger partial charge on any atom is -0.496 e. The molecule has 1 aromatic heterocycles. The van der Waals surface area contributed by atoms with Crippen molar-refractivity contribution in [2.75, 3.05) is 20.3 Å². The Morgan fingerprint density at radius 1 is 1.32 bits per heavy atom. The number of ether oxygens (including phenoxy) is 2. The summed E-state index contributed by atoms with van der Waals surface area (Å²) in [7, 11) is 1.67. The van der Waals surface area contributed by atoms with E-state index in [2.05, 4.69) is 9.88 Å². The Morgan fingerprint density at radius 2 is 2.10 bits per heavy atom. The van der Waals surface area contributed by atoms with Gasteiger partial charge in [-0.05, 0) is 56.0 Å². The number of likely N-dealkylation sites (tertiary alicyclic amines) is 1. The minimum absolute atomic E-state index is 0.0982. The maximum Gasteiger partial charge on any atom is 0.335 e. The first-order chi connectivity index (χ1) is 15.0. The first-order valence-corrected chi connectivity index (χ1v) is 10.6. The molecule has 1 aliphatic rings. The number of aromatic carboxylic acids is 1. The molecular formula is C24H28N2O5. The number of benzene rings is 2. The molecule has 1 fully saturated rings. The van der Waals surface area contributed by atoms with E-state index in [0.717, 1.165) is 52.9 Å². The summed E-state index contributed by atoms with van der Waals surface area (Å²) in [5.41, 5.74) is 4.96. The molecule has 0 bridgehead atoms. The average Bonchev–Trinajstić information content (AvgIpc) is 3.27. The number of hydrogen-bond acceptors (Lipinski definition) is 6. The van der Waals surface area contributed by atoms with Crippen LogP contribution in [0.5, 0.6) is 5.75 Å². The van der Waals surface area contributed by atoms with Crippen LogP contribution in [0.15, 0.2) is 41.1 Å². The number of aromatic nitrogens is 1. The first kappa shape index (κ1) is 21.3. The predicted octanol–water partition coefficient (Wildman–Crippen LogP) is 4.59. The van der Waals surface area contributed by atoms with Crippen LogP contribution < -0.4 is 4.74 Å². The SMILES string of the molecule is CCO[C@H]1CCN(Cc2c(OC)cc(C)c3ocnc23)[C@H](c2ccc(C(=O)O)cc2)C1. The van der Waals surface area contributed by atoms with Crippen LogP contribution in [-0.2, 0) is 11.3 Å². The third-order valence-electron chi connectivity index (χ3n) is 6.05. The van der Waals surface area contributed by atoms with Gasteiger partial charge in [-0.3, -0.25) is 4.90 Å². The quantitative estimate of drug-likeness (QED) is 0.594. The normalized spacial score (nSPS) is 19.6. The number of oxazole rings is 1. The maximum absolute atomic E-state index is 11.3. The molecule has 2 atom stereocenters. The van der Waals surface area contributed by atoms with Crippen LogP contribution in [0.4, 0.5) is 0 Å². The molecule has 4 rings (SSSR count). The third-order valence-corrected chi connectivity index (χ3v) is 6.05. The molecule has 0 unspecified atom stereocenters. The van der Waals surface area contributed by atoms with E-state index in [-0.39, 0.29) is 17.7 Å². The number of carboxylic acids is 1. The predicted molar refractivity (Wildman–Crippen MR) is 116 cm³/mol. The maximum atomic E-state index is 11.3. The van der Waals surface area contributed by atoms with E-state index in [1.165, 1.54) is 6.39 Å². The summed E-state index contributed by atoms with van der Waals surface area (Å²) in [6, 6.07) is 9.25. The van der Waals surface area contributed by atoms with Crippen molar-refractivity contribution in [3.8, 4) is 5.75 Å². The number of piperidine rings is 1. The second-order valence-electron chi connectivity index (χ2n) is 7.92. The molecule has 7 heteroatoms. The number of fused-ring (bicyclic) bond motifs is 1. The number of rotatable bonds is 7. The van der Waals surface area contributed by atoms with Crippen LogP contribution in [0.2, 0.25) is 0 Å². The van der Waals surface area contributed by atoms with Crippen molar-refractivity contribution in [1.82, 2.24) is 9.88 Å². The average molecular weight is 424 g/mol. The van der Waals surface area contributed by atoms with E-state index in [4.69, 9.17) is 13.9 Å². The summed E-state index contributed by atoms with van der Waals surface area (Å²) in [6.07, 6.45) is 3.44. The number of carbonyl (C=O) groups is 1. The summed E-state index contributed by atoms with van der Waals surface area (Å²) in [4.78, 5) is 18.1. The molecule has 164 valence electrons. The van der Waals surface area contributed by atoms with Crippen LogP contribution >= 0.6 is 0 Å². The number of methoxy groups -OCH3 is 1. The second kappa shape index (κ2) is 9.08. The van der Waals surface area contributed by atoms with Crippen molar-refractivity contribution in [1.29, 1.82) is 0 Å². The van der Waals surface area contributed by atoms with Crippen LogP contribution in [0.25, 0.3) is 11.1 Å². The second-order valence-corrected chi connectivity index (χ2v) is 7.92. The molecule has 2 aromatic carbocycles. The van der Waals surface area contributed by atoms with Crippen LogP contribution in [0.3, 0.4) is 0 Å². The zero-order valence-corrected chi connectivity index (χ0v) is 18.1. The first-order valence-electron chi connectivity index (χ1n) is 10.6. The van der Waals surface area contributed by atoms with Gasteiger partial charge in [-0.1, -0.05) is 12.1 Å². The van der Waals surface area contributed by atoms with Gasteiger partial charge in [-0.25, -0.2) is 9.78 Å². The molecule has 1 saturated heterocycles. The molecule has 0 spiro atoms. The van der Waals surface area contributed by atoms with E-state index < -0.39 is 5.97 Å². The van der Waals surface area contributed by atoms with Crippen molar-refractivity contribution in [3.63, 3.8) is 0 Å². The van der Waals surface area contributed by atoms with E-state index in [0.29, 0.717) is 13.2 Å². The Morgan fingerprint density at radius 3 is 2.77 bits per heavy atom. The molecular weight excluding hydrogens is 396 g/mol. The van der Waals surface area contributed by atoms with E-state index in [9.17, 15) is 9.90 Å². The summed E-state index contributed by atoms with van der Waals surface area (Å²) >= 11 is 0. The van der Waals surface area contributed by atoms with Crippen LogP contribution in [0.1, 0.15) is 52.9 Å². The Bertz CT molecular complexity index is 1060. The number of nitrogens with zero attached hydrogens (tertiary/aromatic N) is 2. The third kappa shape index (κ3) is 4.29. The number of carboxylic acid groups (broad SMARTS) is 1. The van der Waals surface area contributed by atoms with Gasteiger partial charge < -0.3 is 19.0 Å². The highest BCUT2D eigenvalue weighted by atomic mass is 16.5. The lowest BCUT2D eigenvalue weighted by Crippen LogP contribution is -2.39. The lowest BCUT2D eigenvalue weighted by atomic mass is 9.92. The van der Waals surface area contributed by atoms with Crippen molar-refractivity contribution in [2.45, 2.75) is 45.4 Å². The Balaban J connectivity index is 1.69. The molecule has 0 saturated carbocycles. The van der Waals surface area contributed by atoms with Gasteiger partial charge in [0.25, 0.3) is 0 Å². The lowest BCUT2D eigenvalue weighted by Gasteiger charge is -2.40. The van der Waals surface area contributed by atoms with Gasteiger partial charge in [-0.2, -0.15) is 0 Å². The van der Waals surface area contributed by atoms with Gasteiger partial charge >= 0.3 is 5.97 Å². The van der Waals surface area contributed by atoms with Crippen molar-refractivity contribution >= 4 is 17.1 Å². The molecule has 7 nitrogen and oxygen atoms in total. The van der Waals surface area contributed by atoms with Gasteiger partial charge in [0.05, 0.1) is 18.8 Å². The number of aryl methyl sites for hydroxylation is 1. The Hall–Kier alpha value is -2.90. The highest BCUT2D eigenvalue weighted by Crippen LogP contribution is 2.37. The zero-order valence-electron chi connectivity index (χ0n) is 18.1. The highest BCUT2D eigenvalue weighted by molar-refractivity contribution is 5.87. The standard InChI is InChI=1S/C24H28N2O5/c1-4-30-18-9-10-26(20(12-18)16-5-7-17(8-6-16)24(27)28)13-19-21(29-3)11-15(2)23-22(19)25-14-31-23/h5-8,11,14,18,20H,4,9-10,12-13H2,1-3H3,(H,27,28)/t18-,20-/m0/s1. The van der Waals surface area contributed by atoms with E-state index in [1.807, 2.05) is 32.0 Å². The number of hydrogen-bond donors (Lipinski definition) is 1. The van der Waals surface area contributed by atoms with E-state index in [1.54, 1.807) is 19.2 Å². The van der Waals surface area contributed by atoms with Crippen LogP contribution in [0, 0.1) is 6.92 Å². The lowest BCUT2D eigenvalue weighted by molar-refractivity contribution is -0.0138. The molecule has 0 amide bonds. The van der Waals surface area contributed by atoms with Crippen LogP contribution in [-0.4, -0.2) is 47.3 Å². The molecule has 0 aliphatic carbocycles. The van der Waals surface area contributed by atoms with Gasteiger partial charge in [0, 0.05) is 31.3 Å². The largest absolute Gasteiger partial charge is 0.496 e. The van der Waals surface area contributed by atoms with E-state index >= 15 is 0 Å². The molecule has 1 aliphatic heterocycles. The monoisotopic (exact) mass is 424 g/mol. The van der Waals surface area contributed by atoms with Crippen molar-refractivity contribution in [2.24, 2.45) is 0 Å². The Labute approximate surface area is 181 Å². The van der Waals surface area contributed by atoms with Crippen molar-refractivity contribution in [3.05, 3.63) is 59.0 Å². The van der Waals surface area contributed by atoms with Gasteiger partial charge in [-0.15, -0.1) is 0 Å². The fourth-order valence-electron chi connectivity index (χ4n) is 4.50. The summed E-state index contributed by atoms with van der Waals surface area (Å²) in [5.74, 6) is -0.122. The van der Waals surface area contributed by atoms with Gasteiger partial charge in [0.15, 0.2) is 12.0 Å². The Kier molecular flexibility index (Phi) is 6.25. The molecule has 3 aromatic rings. The zero-order chi connectivity index (χ0) is 22.0. The molecule has 2 heterocycles. The smallest absolute Gasteiger partial charge is 0.335 e.